The van der Waals surface area contributed by atoms with Crippen molar-refractivity contribution in [3.63, 3.8) is 0 Å². The van der Waals surface area contributed by atoms with Gasteiger partial charge in [0.1, 0.15) is 0 Å². The summed E-state index contributed by atoms with van der Waals surface area (Å²) in [4.78, 5) is 9.25. The third kappa shape index (κ3) is 4.14. The summed E-state index contributed by atoms with van der Waals surface area (Å²) in [7, 11) is 2.22. The van der Waals surface area contributed by atoms with Crippen molar-refractivity contribution in [1.82, 2.24) is 19.4 Å². The third-order valence-corrected chi connectivity index (χ3v) is 5.45. The van der Waals surface area contributed by atoms with Gasteiger partial charge in [-0.15, -0.1) is 0 Å². The zero-order chi connectivity index (χ0) is 17.8. The predicted molar refractivity (Wildman–Crippen MR) is 108 cm³/mol. The van der Waals surface area contributed by atoms with Crippen molar-refractivity contribution >= 4 is 10.9 Å². The first-order chi connectivity index (χ1) is 12.8. The summed E-state index contributed by atoms with van der Waals surface area (Å²) in [5.74, 6) is 0. The van der Waals surface area contributed by atoms with E-state index in [4.69, 9.17) is 0 Å². The Morgan fingerprint density at radius 2 is 1.88 bits per heavy atom. The molecule has 3 heterocycles. The molecule has 1 saturated heterocycles. The van der Waals surface area contributed by atoms with E-state index in [-0.39, 0.29) is 0 Å². The molecule has 0 amide bonds. The molecule has 0 N–H and O–H groups in total. The molecule has 1 fully saturated rings. The third-order valence-electron chi connectivity index (χ3n) is 5.45. The van der Waals surface area contributed by atoms with Crippen LogP contribution in [0.2, 0.25) is 0 Å². The molecular weight excluding hydrogens is 320 g/mol. The minimum absolute atomic E-state index is 0.877. The fourth-order valence-corrected chi connectivity index (χ4v) is 3.79. The van der Waals surface area contributed by atoms with Crippen LogP contribution < -0.4 is 0 Å². The van der Waals surface area contributed by atoms with Gasteiger partial charge in [0.05, 0.1) is 0 Å². The van der Waals surface area contributed by atoms with Gasteiger partial charge < -0.3 is 14.4 Å². The van der Waals surface area contributed by atoms with Crippen molar-refractivity contribution in [3.8, 4) is 0 Å². The smallest absolute Gasteiger partial charge is 0.0491 e. The minimum Gasteiger partial charge on any atom is -0.343 e. The molecule has 3 aromatic rings. The van der Waals surface area contributed by atoms with Crippen LogP contribution in [0.5, 0.6) is 0 Å². The highest BCUT2D eigenvalue weighted by Crippen LogP contribution is 2.20. The SMILES string of the molecule is CN1CCN(CCCc2ccc3ccn(Cc4cccnc4)c3c2)CC1. The molecule has 1 aliphatic heterocycles. The van der Waals surface area contributed by atoms with Gasteiger partial charge in [-0.1, -0.05) is 18.2 Å². The largest absolute Gasteiger partial charge is 0.343 e. The molecule has 0 atom stereocenters. The molecule has 2 aromatic heterocycles. The van der Waals surface area contributed by atoms with Crippen LogP contribution in [0.1, 0.15) is 17.5 Å². The summed E-state index contributed by atoms with van der Waals surface area (Å²) in [6.07, 6.45) is 8.35. The van der Waals surface area contributed by atoms with Crippen molar-refractivity contribution in [2.24, 2.45) is 0 Å². The number of hydrogen-bond donors (Lipinski definition) is 0. The molecule has 4 rings (SSSR count). The van der Waals surface area contributed by atoms with Gasteiger partial charge >= 0.3 is 0 Å². The van der Waals surface area contributed by atoms with Crippen LogP contribution in [0, 0.1) is 0 Å². The number of pyridine rings is 1. The Kier molecular flexibility index (Phi) is 5.32. The Bertz CT molecular complexity index is 832. The first-order valence-corrected chi connectivity index (χ1v) is 9.65. The molecule has 0 saturated carbocycles. The summed E-state index contributed by atoms with van der Waals surface area (Å²) >= 11 is 0. The average molecular weight is 348 g/mol. The first kappa shape index (κ1) is 17.3. The molecule has 0 bridgehead atoms. The van der Waals surface area contributed by atoms with Crippen LogP contribution in [0.4, 0.5) is 0 Å². The van der Waals surface area contributed by atoms with E-state index in [0.717, 1.165) is 13.0 Å². The zero-order valence-corrected chi connectivity index (χ0v) is 15.6. The van der Waals surface area contributed by atoms with Crippen molar-refractivity contribution in [3.05, 3.63) is 66.1 Å². The summed E-state index contributed by atoms with van der Waals surface area (Å²) in [6, 6.07) is 13.3. The summed E-state index contributed by atoms with van der Waals surface area (Å²) in [5, 5.41) is 1.32. The maximum Gasteiger partial charge on any atom is 0.0491 e. The number of benzene rings is 1. The van der Waals surface area contributed by atoms with E-state index >= 15 is 0 Å². The molecule has 4 heteroatoms. The Labute approximate surface area is 156 Å². The Hall–Kier alpha value is -2.17. The average Bonchev–Trinajstić information content (AvgIpc) is 3.06. The highest BCUT2D eigenvalue weighted by atomic mass is 15.2. The van der Waals surface area contributed by atoms with Gasteiger partial charge in [0.15, 0.2) is 0 Å². The van der Waals surface area contributed by atoms with Crippen molar-refractivity contribution < 1.29 is 0 Å². The van der Waals surface area contributed by atoms with E-state index in [0.29, 0.717) is 0 Å². The van der Waals surface area contributed by atoms with Crippen molar-refractivity contribution in [2.75, 3.05) is 39.8 Å². The molecular formula is C22H28N4. The summed E-state index contributed by atoms with van der Waals surface area (Å²) in [6.45, 7) is 6.92. The van der Waals surface area contributed by atoms with E-state index in [2.05, 4.69) is 62.9 Å². The van der Waals surface area contributed by atoms with E-state index < -0.39 is 0 Å². The quantitative estimate of drug-likeness (QED) is 0.683. The van der Waals surface area contributed by atoms with Crippen LogP contribution in [-0.2, 0) is 13.0 Å². The number of likely N-dealkylation sites (N-methyl/N-ethyl adjacent to an activating group) is 1. The monoisotopic (exact) mass is 348 g/mol. The molecule has 1 aromatic carbocycles. The van der Waals surface area contributed by atoms with E-state index in [1.165, 1.54) is 61.2 Å². The highest BCUT2D eigenvalue weighted by molar-refractivity contribution is 5.81. The van der Waals surface area contributed by atoms with Gasteiger partial charge in [0.2, 0.25) is 0 Å². The maximum absolute atomic E-state index is 4.23. The van der Waals surface area contributed by atoms with Gasteiger partial charge in [0.25, 0.3) is 0 Å². The van der Waals surface area contributed by atoms with Gasteiger partial charge in [0, 0.05) is 56.8 Å². The topological polar surface area (TPSA) is 24.3 Å². The number of rotatable bonds is 6. The Morgan fingerprint density at radius 3 is 2.69 bits per heavy atom. The number of nitrogens with zero attached hydrogens (tertiary/aromatic N) is 4. The molecule has 4 nitrogen and oxygen atoms in total. The second-order valence-corrected chi connectivity index (χ2v) is 7.45. The lowest BCUT2D eigenvalue weighted by Gasteiger charge is -2.32. The number of hydrogen-bond acceptors (Lipinski definition) is 3. The first-order valence-electron chi connectivity index (χ1n) is 9.65. The minimum atomic E-state index is 0.877. The fourth-order valence-electron chi connectivity index (χ4n) is 3.79. The second kappa shape index (κ2) is 8.02. The van der Waals surface area contributed by atoms with Crippen LogP contribution in [0.15, 0.2) is 55.0 Å². The van der Waals surface area contributed by atoms with Crippen LogP contribution in [-0.4, -0.2) is 59.1 Å². The van der Waals surface area contributed by atoms with Gasteiger partial charge in [-0.3, -0.25) is 4.98 Å². The van der Waals surface area contributed by atoms with E-state index in [1.54, 1.807) is 0 Å². The van der Waals surface area contributed by atoms with E-state index in [1.807, 2.05) is 18.5 Å². The number of aromatic nitrogens is 2. The summed E-state index contributed by atoms with van der Waals surface area (Å²) < 4.78 is 2.33. The Balaban J connectivity index is 1.39. The molecule has 0 spiro atoms. The van der Waals surface area contributed by atoms with Crippen molar-refractivity contribution in [1.29, 1.82) is 0 Å². The number of piperazine rings is 1. The van der Waals surface area contributed by atoms with Crippen LogP contribution >= 0.6 is 0 Å². The Morgan fingerprint density at radius 1 is 1.00 bits per heavy atom. The molecule has 136 valence electrons. The summed E-state index contributed by atoms with van der Waals surface area (Å²) in [5.41, 5.74) is 4.01. The van der Waals surface area contributed by atoms with Gasteiger partial charge in [-0.25, -0.2) is 0 Å². The lowest BCUT2D eigenvalue weighted by Crippen LogP contribution is -2.44. The fraction of sp³-hybridized carbons (Fsp3) is 0.409. The maximum atomic E-state index is 4.23. The van der Waals surface area contributed by atoms with E-state index in [9.17, 15) is 0 Å². The molecule has 26 heavy (non-hydrogen) atoms. The number of aryl methyl sites for hydroxylation is 1. The molecule has 0 aliphatic carbocycles. The van der Waals surface area contributed by atoms with Crippen LogP contribution in [0.3, 0.4) is 0 Å². The zero-order valence-electron chi connectivity index (χ0n) is 15.6. The molecule has 0 unspecified atom stereocenters. The number of fused-ring (bicyclic) bond motifs is 1. The lowest BCUT2D eigenvalue weighted by atomic mass is 10.1. The predicted octanol–water partition coefficient (Wildman–Crippen LogP) is 3.26. The lowest BCUT2D eigenvalue weighted by molar-refractivity contribution is 0.153. The van der Waals surface area contributed by atoms with Gasteiger partial charge in [-0.2, -0.15) is 0 Å². The molecule has 0 radical (unpaired) electrons. The molecule has 1 aliphatic rings. The standard InChI is InChI=1S/C22H28N4/c1-24-12-14-25(15-13-24)10-3-5-19-6-7-21-8-11-26(22(21)16-19)18-20-4-2-9-23-17-20/h2,4,6-9,11,16-17H,3,5,10,12-15,18H2,1H3. The van der Waals surface area contributed by atoms with Crippen molar-refractivity contribution in [2.45, 2.75) is 19.4 Å². The van der Waals surface area contributed by atoms with Crippen LogP contribution in [0.25, 0.3) is 10.9 Å². The van der Waals surface area contributed by atoms with Gasteiger partial charge in [-0.05, 0) is 61.1 Å². The highest BCUT2D eigenvalue weighted by Gasteiger charge is 2.13. The normalized spacial score (nSPS) is 16.3. The second-order valence-electron chi connectivity index (χ2n) is 7.45.